The number of hydrogen-bond acceptors (Lipinski definition) is 4. The summed E-state index contributed by atoms with van der Waals surface area (Å²) in [5, 5.41) is 8.38. The van der Waals surface area contributed by atoms with Crippen LogP contribution in [0.3, 0.4) is 0 Å². The second-order valence-electron chi connectivity index (χ2n) is 4.78. The number of carbonyl (C=O) groups is 1. The summed E-state index contributed by atoms with van der Waals surface area (Å²) in [5.41, 5.74) is 3.32. The molecule has 0 fully saturated rings. The summed E-state index contributed by atoms with van der Waals surface area (Å²) in [7, 11) is -3.50. The van der Waals surface area contributed by atoms with Gasteiger partial charge in [-0.05, 0) is 29.3 Å². The van der Waals surface area contributed by atoms with Gasteiger partial charge in [0.15, 0.2) is 0 Å². The van der Waals surface area contributed by atoms with Crippen LogP contribution in [0.4, 0.5) is 5.69 Å². The lowest BCUT2D eigenvalue weighted by Gasteiger charge is -2.08. The molecule has 120 valence electrons. The summed E-state index contributed by atoms with van der Waals surface area (Å²) >= 11 is 0. The molecule has 1 amide bonds. The van der Waals surface area contributed by atoms with Crippen molar-refractivity contribution in [3.8, 4) is 0 Å². The van der Waals surface area contributed by atoms with Crippen LogP contribution in [-0.4, -0.2) is 19.5 Å². The van der Waals surface area contributed by atoms with Crippen LogP contribution in [0.2, 0.25) is 0 Å². The van der Waals surface area contributed by atoms with Crippen LogP contribution in [0.25, 0.3) is 6.08 Å². The molecular formula is C16H16N2O4S. The van der Waals surface area contributed by atoms with E-state index in [4.69, 9.17) is 5.21 Å². The van der Waals surface area contributed by atoms with Crippen molar-refractivity contribution in [2.75, 3.05) is 4.72 Å². The Labute approximate surface area is 134 Å². The zero-order chi connectivity index (χ0) is 16.7. The highest BCUT2D eigenvalue weighted by Crippen LogP contribution is 2.14. The third-order valence-electron chi connectivity index (χ3n) is 2.92. The fourth-order valence-corrected chi connectivity index (χ4v) is 3.08. The van der Waals surface area contributed by atoms with Gasteiger partial charge >= 0.3 is 0 Å². The number of hydrogen-bond donors (Lipinski definition) is 3. The number of anilines is 1. The lowest BCUT2D eigenvalue weighted by Crippen LogP contribution is -2.15. The van der Waals surface area contributed by atoms with E-state index in [-0.39, 0.29) is 5.75 Å². The Bertz CT molecular complexity index is 785. The van der Waals surface area contributed by atoms with Crippen molar-refractivity contribution >= 4 is 27.7 Å². The molecule has 2 rings (SSSR count). The van der Waals surface area contributed by atoms with Crippen LogP contribution < -0.4 is 10.2 Å². The fourth-order valence-electron chi connectivity index (χ4n) is 1.88. The molecule has 0 heterocycles. The molecule has 0 saturated carbocycles. The molecule has 0 bridgehead atoms. The molecular weight excluding hydrogens is 316 g/mol. The maximum Gasteiger partial charge on any atom is 0.267 e. The van der Waals surface area contributed by atoms with Crippen molar-refractivity contribution in [3.63, 3.8) is 0 Å². The Morgan fingerprint density at radius 1 is 1.04 bits per heavy atom. The summed E-state index contributed by atoms with van der Waals surface area (Å²) in [6.45, 7) is 0. The SMILES string of the molecule is O=C(/C=C/c1ccc(NS(=O)(=O)Cc2ccccc2)cc1)NO. The first-order valence-corrected chi connectivity index (χ1v) is 8.40. The summed E-state index contributed by atoms with van der Waals surface area (Å²) in [4.78, 5) is 10.9. The minimum atomic E-state index is -3.50. The molecule has 0 aliphatic rings. The first kappa shape index (κ1) is 16.7. The topological polar surface area (TPSA) is 95.5 Å². The lowest BCUT2D eigenvalue weighted by molar-refractivity contribution is -0.124. The lowest BCUT2D eigenvalue weighted by atomic mass is 10.2. The molecule has 0 radical (unpaired) electrons. The van der Waals surface area contributed by atoms with Gasteiger partial charge in [0.05, 0.1) is 5.75 Å². The van der Waals surface area contributed by atoms with E-state index in [0.717, 1.165) is 6.08 Å². The number of hydroxylamine groups is 1. The first-order valence-electron chi connectivity index (χ1n) is 6.75. The first-order chi connectivity index (χ1) is 11.0. The van der Waals surface area contributed by atoms with E-state index in [1.54, 1.807) is 48.5 Å². The van der Waals surface area contributed by atoms with Crippen LogP contribution in [0.1, 0.15) is 11.1 Å². The van der Waals surface area contributed by atoms with E-state index < -0.39 is 15.9 Å². The van der Waals surface area contributed by atoms with E-state index in [1.165, 1.54) is 11.6 Å². The van der Waals surface area contributed by atoms with Crippen LogP contribution in [0, 0.1) is 0 Å². The number of nitrogens with one attached hydrogen (secondary N) is 2. The van der Waals surface area contributed by atoms with Gasteiger partial charge in [-0.1, -0.05) is 42.5 Å². The Morgan fingerprint density at radius 2 is 1.70 bits per heavy atom. The zero-order valence-electron chi connectivity index (χ0n) is 12.1. The predicted molar refractivity (Wildman–Crippen MR) is 88.1 cm³/mol. The van der Waals surface area contributed by atoms with Crippen molar-refractivity contribution in [2.24, 2.45) is 0 Å². The van der Waals surface area contributed by atoms with Crippen LogP contribution in [0.5, 0.6) is 0 Å². The van der Waals surface area contributed by atoms with E-state index in [1.807, 2.05) is 6.07 Å². The Balaban J connectivity index is 2.02. The van der Waals surface area contributed by atoms with Gasteiger partial charge < -0.3 is 0 Å². The standard InChI is InChI=1S/C16H16N2O4S/c19-16(17-20)11-8-13-6-9-15(10-7-13)18-23(21,22)12-14-4-2-1-3-5-14/h1-11,18,20H,12H2,(H,17,19)/b11-8+. The van der Waals surface area contributed by atoms with Crippen LogP contribution in [0.15, 0.2) is 60.7 Å². The highest BCUT2D eigenvalue weighted by atomic mass is 32.2. The molecule has 0 spiro atoms. The largest absolute Gasteiger partial charge is 0.288 e. The average Bonchev–Trinajstić information content (AvgIpc) is 2.54. The second kappa shape index (κ2) is 7.57. The summed E-state index contributed by atoms with van der Waals surface area (Å²) in [5.74, 6) is -0.746. The third-order valence-corrected chi connectivity index (χ3v) is 4.18. The number of sulfonamides is 1. The second-order valence-corrected chi connectivity index (χ2v) is 6.50. The number of carbonyl (C=O) groups excluding carboxylic acids is 1. The van der Waals surface area contributed by atoms with Crippen molar-refractivity contribution in [3.05, 3.63) is 71.8 Å². The average molecular weight is 332 g/mol. The molecule has 2 aromatic rings. The van der Waals surface area contributed by atoms with E-state index in [2.05, 4.69) is 4.72 Å². The molecule has 2 aromatic carbocycles. The van der Waals surface area contributed by atoms with E-state index >= 15 is 0 Å². The number of benzene rings is 2. The van der Waals surface area contributed by atoms with Crippen LogP contribution in [-0.2, 0) is 20.6 Å². The predicted octanol–water partition coefficient (Wildman–Crippen LogP) is 2.15. The quantitative estimate of drug-likeness (QED) is 0.429. The zero-order valence-corrected chi connectivity index (χ0v) is 13.0. The molecule has 0 saturated heterocycles. The molecule has 6 nitrogen and oxygen atoms in total. The smallest absolute Gasteiger partial charge is 0.267 e. The fraction of sp³-hybridized carbons (Fsp3) is 0.0625. The molecule has 3 N–H and O–H groups in total. The summed E-state index contributed by atoms with van der Waals surface area (Å²) < 4.78 is 26.7. The minimum absolute atomic E-state index is 0.105. The van der Waals surface area contributed by atoms with Gasteiger partial charge in [0, 0.05) is 11.8 Å². The maximum atomic E-state index is 12.1. The number of amides is 1. The number of rotatable bonds is 6. The maximum absolute atomic E-state index is 12.1. The molecule has 0 atom stereocenters. The van der Waals surface area contributed by atoms with E-state index in [0.29, 0.717) is 16.8 Å². The molecule has 0 aromatic heterocycles. The highest BCUT2D eigenvalue weighted by Gasteiger charge is 2.11. The van der Waals surface area contributed by atoms with Gasteiger partial charge in [0.2, 0.25) is 10.0 Å². The van der Waals surface area contributed by atoms with Gasteiger partial charge in [0.25, 0.3) is 5.91 Å². The normalized spacial score (nSPS) is 11.3. The van der Waals surface area contributed by atoms with Gasteiger partial charge in [-0.3, -0.25) is 14.7 Å². The molecule has 0 aliphatic carbocycles. The Morgan fingerprint density at radius 3 is 2.30 bits per heavy atom. The molecule has 7 heteroatoms. The van der Waals surface area contributed by atoms with Gasteiger partial charge in [-0.25, -0.2) is 13.9 Å². The summed E-state index contributed by atoms with van der Waals surface area (Å²) in [6.07, 6.45) is 2.66. The Kier molecular flexibility index (Phi) is 5.51. The van der Waals surface area contributed by atoms with Crippen LogP contribution >= 0.6 is 0 Å². The van der Waals surface area contributed by atoms with Gasteiger partial charge in [-0.2, -0.15) is 0 Å². The van der Waals surface area contributed by atoms with Crippen molar-refractivity contribution < 1.29 is 18.4 Å². The van der Waals surface area contributed by atoms with Gasteiger partial charge in [0.1, 0.15) is 0 Å². The van der Waals surface area contributed by atoms with Gasteiger partial charge in [-0.15, -0.1) is 0 Å². The molecule has 0 unspecified atom stereocenters. The Hall–Kier alpha value is -2.64. The third kappa shape index (κ3) is 5.57. The highest BCUT2D eigenvalue weighted by molar-refractivity contribution is 7.91. The minimum Gasteiger partial charge on any atom is -0.288 e. The monoisotopic (exact) mass is 332 g/mol. The van der Waals surface area contributed by atoms with Crippen molar-refractivity contribution in [1.29, 1.82) is 0 Å². The molecule has 23 heavy (non-hydrogen) atoms. The van der Waals surface area contributed by atoms with E-state index in [9.17, 15) is 13.2 Å². The molecule has 0 aliphatic heterocycles. The van der Waals surface area contributed by atoms with Crippen molar-refractivity contribution in [1.82, 2.24) is 5.48 Å². The summed E-state index contributed by atoms with van der Waals surface area (Å²) in [6, 6.07) is 15.4. The van der Waals surface area contributed by atoms with Crippen molar-refractivity contribution in [2.45, 2.75) is 5.75 Å².